The topological polar surface area (TPSA) is 65.0 Å². The van der Waals surface area contributed by atoms with Crippen LogP contribution in [-0.2, 0) is 30.2 Å². The fourth-order valence-electron chi connectivity index (χ4n) is 4.11. The van der Waals surface area contributed by atoms with Crippen LogP contribution in [0.1, 0.15) is 63.3 Å². The van der Waals surface area contributed by atoms with Gasteiger partial charge in [0.25, 0.3) is 0 Å². The summed E-state index contributed by atoms with van der Waals surface area (Å²) in [5.74, 6) is -1.11. The number of ether oxygens (including phenoxy) is 3. The van der Waals surface area contributed by atoms with Gasteiger partial charge in [0.1, 0.15) is 0 Å². The molecule has 25 heavy (non-hydrogen) atoms. The average Bonchev–Trinajstić information content (AvgIpc) is 3.00. The number of hydrogen-bond acceptors (Lipinski definition) is 5. The summed E-state index contributed by atoms with van der Waals surface area (Å²) in [4.78, 5) is 11.9. The molecule has 5 heteroatoms. The van der Waals surface area contributed by atoms with Crippen LogP contribution in [0.2, 0.25) is 0 Å². The Morgan fingerprint density at radius 3 is 2.60 bits per heavy atom. The lowest BCUT2D eigenvalue weighted by molar-refractivity contribution is -0.149. The SMILES string of the molecule is CCOC(=O)CC1CC(C)(C)c2cc(C3(C)OCCO3)ccc2C1O. The van der Waals surface area contributed by atoms with Crippen molar-refractivity contribution in [1.82, 2.24) is 0 Å². The molecule has 0 bridgehead atoms. The normalized spacial score (nSPS) is 26.9. The average molecular weight is 348 g/mol. The molecule has 1 aromatic rings. The quantitative estimate of drug-likeness (QED) is 0.847. The van der Waals surface area contributed by atoms with Crippen molar-refractivity contribution in [1.29, 1.82) is 0 Å². The van der Waals surface area contributed by atoms with Gasteiger partial charge in [0.15, 0.2) is 5.79 Å². The third-order valence-electron chi connectivity index (χ3n) is 5.42. The lowest BCUT2D eigenvalue weighted by Crippen LogP contribution is -2.35. The van der Waals surface area contributed by atoms with E-state index >= 15 is 0 Å². The van der Waals surface area contributed by atoms with E-state index in [4.69, 9.17) is 14.2 Å². The molecule has 1 aromatic carbocycles. The van der Waals surface area contributed by atoms with Crippen LogP contribution >= 0.6 is 0 Å². The van der Waals surface area contributed by atoms with Gasteiger partial charge in [0, 0.05) is 11.5 Å². The summed E-state index contributed by atoms with van der Waals surface area (Å²) in [5.41, 5.74) is 2.79. The van der Waals surface area contributed by atoms with Crippen LogP contribution in [-0.4, -0.2) is 30.9 Å². The largest absolute Gasteiger partial charge is 0.466 e. The number of benzene rings is 1. The van der Waals surface area contributed by atoms with Gasteiger partial charge < -0.3 is 19.3 Å². The predicted molar refractivity (Wildman–Crippen MR) is 93.0 cm³/mol. The molecule has 1 aliphatic carbocycles. The molecular weight excluding hydrogens is 320 g/mol. The highest BCUT2D eigenvalue weighted by Crippen LogP contribution is 2.47. The molecule has 2 atom stereocenters. The first-order valence-corrected chi connectivity index (χ1v) is 9.03. The lowest BCUT2D eigenvalue weighted by Gasteiger charge is -2.41. The van der Waals surface area contributed by atoms with Crippen LogP contribution < -0.4 is 0 Å². The number of esters is 1. The van der Waals surface area contributed by atoms with Crippen molar-refractivity contribution in [2.45, 2.75) is 57.8 Å². The van der Waals surface area contributed by atoms with Crippen LogP contribution in [0.5, 0.6) is 0 Å². The van der Waals surface area contributed by atoms with Gasteiger partial charge in [-0.2, -0.15) is 0 Å². The maximum atomic E-state index is 11.9. The molecule has 2 unspecified atom stereocenters. The van der Waals surface area contributed by atoms with Crippen LogP contribution in [0, 0.1) is 5.92 Å². The number of hydrogen-bond donors (Lipinski definition) is 1. The van der Waals surface area contributed by atoms with Gasteiger partial charge in [0.05, 0.1) is 32.3 Å². The highest BCUT2D eigenvalue weighted by molar-refractivity contribution is 5.70. The Kier molecular flexibility index (Phi) is 4.93. The maximum absolute atomic E-state index is 11.9. The molecule has 5 nitrogen and oxygen atoms in total. The number of fused-ring (bicyclic) bond motifs is 1. The Morgan fingerprint density at radius 2 is 1.96 bits per heavy atom. The molecule has 0 amide bonds. The van der Waals surface area contributed by atoms with E-state index in [1.54, 1.807) is 6.92 Å². The van der Waals surface area contributed by atoms with E-state index in [9.17, 15) is 9.90 Å². The first-order chi connectivity index (χ1) is 11.8. The van der Waals surface area contributed by atoms with Gasteiger partial charge in [0.2, 0.25) is 0 Å². The van der Waals surface area contributed by atoms with E-state index in [-0.39, 0.29) is 23.7 Å². The van der Waals surface area contributed by atoms with Crippen molar-refractivity contribution in [2.24, 2.45) is 5.92 Å². The molecule has 2 aliphatic rings. The number of aliphatic hydroxyl groups is 1. The van der Waals surface area contributed by atoms with Gasteiger partial charge in [-0.05, 0) is 42.9 Å². The van der Waals surface area contributed by atoms with Crippen LogP contribution in [0.25, 0.3) is 0 Å². The molecular formula is C20H28O5. The molecule has 0 radical (unpaired) electrons. The minimum Gasteiger partial charge on any atom is -0.466 e. The van der Waals surface area contributed by atoms with E-state index in [1.165, 1.54) is 0 Å². The molecule has 0 spiro atoms. The van der Waals surface area contributed by atoms with Crippen molar-refractivity contribution in [3.8, 4) is 0 Å². The second kappa shape index (κ2) is 6.71. The van der Waals surface area contributed by atoms with Crippen LogP contribution in [0.3, 0.4) is 0 Å². The maximum Gasteiger partial charge on any atom is 0.306 e. The zero-order valence-corrected chi connectivity index (χ0v) is 15.5. The predicted octanol–water partition coefficient (Wildman–Crippen LogP) is 3.19. The van der Waals surface area contributed by atoms with Crippen molar-refractivity contribution in [3.63, 3.8) is 0 Å². The Balaban J connectivity index is 1.91. The van der Waals surface area contributed by atoms with E-state index in [0.29, 0.717) is 19.8 Å². The smallest absolute Gasteiger partial charge is 0.306 e. The third kappa shape index (κ3) is 3.46. The molecule has 1 fully saturated rings. The number of aliphatic hydroxyl groups excluding tert-OH is 1. The molecule has 0 saturated carbocycles. The Morgan fingerprint density at radius 1 is 1.28 bits per heavy atom. The highest BCUT2D eigenvalue weighted by Gasteiger charge is 2.41. The second-order valence-electron chi connectivity index (χ2n) is 7.75. The standard InChI is InChI=1S/C20H28O5/c1-5-23-17(21)10-13-12-19(2,3)16-11-14(6-7-15(16)18(13)22)20(4)24-8-9-25-20/h6-7,11,13,18,22H,5,8-10,12H2,1-4H3. The first kappa shape index (κ1) is 18.4. The fraction of sp³-hybridized carbons (Fsp3) is 0.650. The minimum absolute atomic E-state index is 0.137. The lowest BCUT2D eigenvalue weighted by atomic mass is 9.66. The van der Waals surface area contributed by atoms with Crippen molar-refractivity contribution in [2.75, 3.05) is 19.8 Å². The van der Waals surface area contributed by atoms with Crippen molar-refractivity contribution in [3.05, 3.63) is 34.9 Å². The molecule has 138 valence electrons. The summed E-state index contributed by atoms with van der Waals surface area (Å²) >= 11 is 0. The Hall–Kier alpha value is -1.43. The van der Waals surface area contributed by atoms with E-state index in [1.807, 2.05) is 19.1 Å². The summed E-state index contributed by atoms with van der Waals surface area (Å²) in [7, 11) is 0. The zero-order chi connectivity index (χ0) is 18.2. The number of carbonyl (C=O) groups is 1. The molecule has 3 rings (SSSR count). The summed E-state index contributed by atoms with van der Waals surface area (Å²) in [6.45, 7) is 9.56. The van der Waals surface area contributed by atoms with Gasteiger partial charge in [-0.1, -0.05) is 26.0 Å². The number of carbonyl (C=O) groups excluding carboxylic acids is 1. The first-order valence-electron chi connectivity index (χ1n) is 9.03. The highest BCUT2D eigenvalue weighted by atomic mass is 16.7. The van der Waals surface area contributed by atoms with Gasteiger partial charge >= 0.3 is 5.97 Å². The zero-order valence-electron chi connectivity index (χ0n) is 15.5. The monoisotopic (exact) mass is 348 g/mol. The second-order valence-corrected chi connectivity index (χ2v) is 7.75. The van der Waals surface area contributed by atoms with Crippen molar-refractivity contribution >= 4 is 5.97 Å². The van der Waals surface area contributed by atoms with Gasteiger partial charge in [-0.25, -0.2) is 0 Å². The third-order valence-corrected chi connectivity index (χ3v) is 5.42. The van der Waals surface area contributed by atoms with Gasteiger partial charge in [-0.3, -0.25) is 4.79 Å². The van der Waals surface area contributed by atoms with Gasteiger partial charge in [-0.15, -0.1) is 0 Å². The summed E-state index contributed by atoms with van der Waals surface area (Å²) in [5, 5.41) is 10.8. The Labute approximate surface area is 149 Å². The van der Waals surface area contributed by atoms with Crippen molar-refractivity contribution < 1.29 is 24.1 Å². The van der Waals surface area contributed by atoms with E-state index in [2.05, 4.69) is 19.9 Å². The molecule has 1 saturated heterocycles. The van der Waals surface area contributed by atoms with E-state index in [0.717, 1.165) is 23.1 Å². The summed E-state index contributed by atoms with van der Waals surface area (Å²) < 4.78 is 16.6. The minimum atomic E-state index is -0.724. The summed E-state index contributed by atoms with van der Waals surface area (Å²) in [6.07, 6.45) is 0.297. The number of rotatable bonds is 4. The summed E-state index contributed by atoms with van der Waals surface area (Å²) in [6, 6.07) is 5.99. The molecule has 0 aromatic heterocycles. The molecule has 1 aliphatic heterocycles. The molecule has 1 heterocycles. The van der Waals surface area contributed by atoms with E-state index < -0.39 is 11.9 Å². The Bertz CT molecular complexity index is 645. The fourth-order valence-corrected chi connectivity index (χ4v) is 4.11. The van der Waals surface area contributed by atoms with Crippen LogP contribution in [0.15, 0.2) is 18.2 Å². The molecule has 1 N–H and O–H groups in total. The van der Waals surface area contributed by atoms with Crippen LogP contribution in [0.4, 0.5) is 0 Å².